The Hall–Kier alpha value is -4.38. The van der Waals surface area contributed by atoms with Crippen LogP contribution in [0.2, 0.25) is 0 Å². The van der Waals surface area contributed by atoms with E-state index in [1.54, 1.807) is 14.2 Å². The Kier molecular flexibility index (Phi) is 7.72. The van der Waals surface area contributed by atoms with Gasteiger partial charge < -0.3 is 18.8 Å². The van der Waals surface area contributed by atoms with Crippen molar-refractivity contribution in [2.75, 3.05) is 20.8 Å². The summed E-state index contributed by atoms with van der Waals surface area (Å²) in [6.07, 6.45) is 1.53. The van der Waals surface area contributed by atoms with Crippen LogP contribution in [0.1, 0.15) is 34.0 Å². The Labute approximate surface area is 261 Å². The predicted molar refractivity (Wildman–Crippen MR) is 167 cm³/mol. The number of nitrogens with zero attached hydrogens (tertiary/aromatic N) is 2. The van der Waals surface area contributed by atoms with Crippen molar-refractivity contribution in [2.45, 2.75) is 43.7 Å². The largest absolute Gasteiger partial charge is 0.497 e. The van der Waals surface area contributed by atoms with Gasteiger partial charge in [0.2, 0.25) is 0 Å². The molecule has 0 radical (unpaired) electrons. The number of fused-ring (bicyclic) bond motifs is 6. The maximum Gasteiger partial charge on any atom is 0.301 e. The average molecular weight is 629 g/mol. The molecule has 5 aromatic rings. The quantitative estimate of drug-likeness (QED) is 0.175. The minimum atomic E-state index is -4.34. The predicted octanol–water partition coefficient (Wildman–Crippen LogP) is 6.40. The fourth-order valence-corrected chi connectivity index (χ4v) is 7.48. The van der Waals surface area contributed by atoms with Crippen LogP contribution in [0, 0.1) is 5.82 Å². The van der Waals surface area contributed by atoms with Crippen molar-refractivity contribution in [2.24, 2.45) is 0 Å². The molecule has 0 spiro atoms. The SMILES string of the molecule is COc1ccc2c(c1)c1c(n2COS(=O)(=O)c2ccccc2F)CN2CCc3cc(OC)c(OCc4ccccc4)cc3C2C1. The lowest BCUT2D eigenvalue weighted by molar-refractivity contribution is 0.149. The molecule has 1 unspecified atom stereocenters. The van der Waals surface area contributed by atoms with E-state index in [2.05, 4.69) is 17.0 Å². The van der Waals surface area contributed by atoms with Crippen molar-refractivity contribution in [3.05, 3.63) is 119 Å². The number of halogens is 1. The third-order valence-corrected chi connectivity index (χ3v) is 10.1. The van der Waals surface area contributed by atoms with Gasteiger partial charge in [0.05, 0.1) is 19.7 Å². The highest BCUT2D eigenvalue weighted by molar-refractivity contribution is 7.86. The smallest absolute Gasteiger partial charge is 0.301 e. The van der Waals surface area contributed by atoms with E-state index in [1.165, 1.54) is 29.3 Å². The third-order valence-electron chi connectivity index (χ3n) is 8.82. The van der Waals surface area contributed by atoms with Gasteiger partial charge in [0.15, 0.2) is 11.5 Å². The Bertz CT molecular complexity index is 1990. The second-order valence-corrected chi connectivity index (χ2v) is 12.9. The maximum absolute atomic E-state index is 14.4. The molecule has 8 nitrogen and oxygen atoms in total. The van der Waals surface area contributed by atoms with E-state index in [0.717, 1.165) is 46.8 Å². The van der Waals surface area contributed by atoms with Crippen LogP contribution in [0.3, 0.4) is 0 Å². The van der Waals surface area contributed by atoms with Gasteiger partial charge in [0, 0.05) is 30.2 Å². The maximum atomic E-state index is 14.4. The van der Waals surface area contributed by atoms with E-state index in [1.807, 2.05) is 53.1 Å². The van der Waals surface area contributed by atoms with E-state index < -0.39 is 20.8 Å². The molecule has 45 heavy (non-hydrogen) atoms. The first-order chi connectivity index (χ1) is 21.9. The number of benzene rings is 4. The van der Waals surface area contributed by atoms with Gasteiger partial charge in [-0.1, -0.05) is 42.5 Å². The zero-order chi connectivity index (χ0) is 31.1. The lowest BCUT2D eigenvalue weighted by atomic mass is 9.85. The molecule has 4 aromatic carbocycles. The standard InChI is InChI=1S/C35H33FN2O6S/c1-41-25-12-13-30-27(17-25)28-18-31-26-19-34(43-21-23-8-4-3-5-9-23)33(42-2)16-24(26)14-15-37(31)20-32(28)38(30)22-44-45(39,40)35-11-7-6-10-29(35)36/h3-13,16-17,19,31H,14-15,18,20-22H2,1-2H3. The Morgan fingerprint density at radius 2 is 1.71 bits per heavy atom. The highest BCUT2D eigenvalue weighted by atomic mass is 32.2. The molecule has 0 N–H and O–H groups in total. The van der Waals surface area contributed by atoms with Crippen LogP contribution >= 0.6 is 0 Å². The van der Waals surface area contributed by atoms with Gasteiger partial charge in [-0.05, 0) is 77.6 Å². The van der Waals surface area contributed by atoms with Crippen LogP contribution < -0.4 is 14.2 Å². The van der Waals surface area contributed by atoms with Gasteiger partial charge in [-0.2, -0.15) is 8.42 Å². The average Bonchev–Trinajstić information content (AvgIpc) is 3.37. The molecule has 232 valence electrons. The van der Waals surface area contributed by atoms with Crippen molar-refractivity contribution in [1.29, 1.82) is 0 Å². The highest BCUT2D eigenvalue weighted by Crippen LogP contribution is 2.45. The highest BCUT2D eigenvalue weighted by Gasteiger charge is 2.36. The van der Waals surface area contributed by atoms with Gasteiger partial charge in [0.25, 0.3) is 0 Å². The summed E-state index contributed by atoms with van der Waals surface area (Å²) in [6, 6.07) is 25.3. The molecular weight excluding hydrogens is 595 g/mol. The molecule has 0 bridgehead atoms. The zero-order valence-electron chi connectivity index (χ0n) is 25.0. The molecular formula is C35H33FN2O6S. The minimum absolute atomic E-state index is 0.0829. The first-order valence-electron chi connectivity index (χ1n) is 14.8. The molecule has 0 amide bonds. The number of ether oxygens (including phenoxy) is 3. The molecule has 1 atom stereocenters. The summed E-state index contributed by atoms with van der Waals surface area (Å²) in [5.74, 6) is 1.27. The van der Waals surface area contributed by atoms with Crippen LogP contribution in [-0.2, 0) is 47.0 Å². The summed E-state index contributed by atoms with van der Waals surface area (Å²) in [5, 5.41) is 0.970. The first-order valence-corrected chi connectivity index (χ1v) is 16.2. The second-order valence-electron chi connectivity index (χ2n) is 11.3. The van der Waals surface area contributed by atoms with E-state index in [4.69, 9.17) is 18.4 Å². The summed E-state index contributed by atoms with van der Waals surface area (Å²) in [7, 11) is -1.05. The van der Waals surface area contributed by atoms with Crippen molar-refractivity contribution in [1.82, 2.24) is 9.47 Å². The first kappa shape index (κ1) is 29.3. The third kappa shape index (κ3) is 5.43. The molecule has 0 saturated heterocycles. The Balaban J connectivity index is 1.25. The monoisotopic (exact) mass is 628 g/mol. The molecule has 3 heterocycles. The van der Waals surface area contributed by atoms with Crippen molar-refractivity contribution >= 4 is 21.0 Å². The zero-order valence-corrected chi connectivity index (χ0v) is 25.8. The summed E-state index contributed by atoms with van der Waals surface area (Å²) in [4.78, 5) is 1.93. The molecule has 10 heteroatoms. The number of rotatable bonds is 9. The van der Waals surface area contributed by atoms with E-state index in [9.17, 15) is 12.8 Å². The lowest BCUT2D eigenvalue weighted by Gasteiger charge is -2.41. The Morgan fingerprint density at radius 1 is 0.911 bits per heavy atom. The van der Waals surface area contributed by atoms with E-state index >= 15 is 0 Å². The molecule has 0 saturated carbocycles. The van der Waals surface area contributed by atoms with Crippen LogP contribution in [0.4, 0.5) is 4.39 Å². The van der Waals surface area contributed by atoms with Gasteiger partial charge in [-0.3, -0.25) is 4.90 Å². The number of aromatic nitrogens is 1. The number of hydrogen-bond acceptors (Lipinski definition) is 7. The molecule has 7 rings (SSSR count). The van der Waals surface area contributed by atoms with Gasteiger partial charge >= 0.3 is 10.1 Å². The summed E-state index contributed by atoms with van der Waals surface area (Å²) < 4.78 is 65.3. The van der Waals surface area contributed by atoms with Crippen LogP contribution in [0.25, 0.3) is 10.9 Å². The van der Waals surface area contributed by atoms with Crippen LogP contribution in [-0.4, -0.2) is 38.6 Å². The number of methoxy groups -OCH3 is 2. The van der Waals surface area contributed by atoms with Gasteiger partial charge in [-0.25, -0.2) is 8.57 Å². The topological polar surface area (TPSA) is 79.2 Å². The summed E-state index contributed by atoms with van der Waals surface area (Å²) >= 11 is 0. The van der Waals surface area contributed by atoms with E-state index in [0.29, 0.717) is 36.8 Å². The molecule has 2 aliphatic heterocycles. The van der Waals surface area contributed by atoms with Crippen molar-refractivity contribution < 1.29 is 31.2 Å². The van der Waals surface area contributed by atoms with Crippen molar-refractivity contribution in [3.8, 4) is 17.2 Å². The fourth-order valence-electron chi connectivity index (χ4n) is 6.55. The van der Waals surface area contributed by atoms with Crippen molar-refractivity contribution in [3.63, 3.8) is 0 Å². The Morgan fingerprint density at radius 3 is 2.49 bits per heavy atom. The molecule has 2 aliphatic rings. The van der Waals surface area contributed by atoms with Gasteiger partial charge in [0.1, 0.15) is 29.8 Å². The second kappa shape index (κ2) is 11.8. The normalized spacial score (nSPS) is 16.1. The van der Waals surface area contributed by atoms with Crippen LogP contribution in [0.5, 0.6) is 17.2 Å². The minimum Gasteiger partial charge on any atom is -0.497 e. The van der Waals surface area contributed by atoms with E-state index in [-0.39, 0.29) is 12.8 Å². The molecule has 1 aromatic heterocycles. The summed E-state index contributed by atoms with van der Waals surface area (Å²) in [5.41, 5.74) is 6.39. The molecule has 0 fully saturated rings. The lowest BCUT2D eigenvalue weighted by Crippen LogP contribution is -2.40. The van der Waals surface area contributed by atoms with Gasteiger partial charge in [-0.15, -0.1) is 0 Å². The number of hydrogen-bond donors (Lipinski definition) is 0. The molecule has 0 aliphatic carbocycles. The fraction of sp³-hybridized carbons (Fsp3) is 0.257. The summed E-state index contributed by atoms with van der Waals surface area (Å²) in [6.45, 7) is 1.56. The van der Waals surface area contributed by atoms with Crippen LogP contribution in [0.15, 0.2) is 89.8 Å².